The van der Waals surface area contributed by atoms with Gasteiger partial charge in [0.1, 0.15) is 0 Å². The summed E-state index contributed by atoms with van der Waals surface area (Å²) in [5.74, 6) is 0. The number of unbranched alkanes of at least 4 members (excludes halogenated alkanes) is 5. The highest BCUT2D eigenvalue weighted by Crippen LogP contribution is 2.14. The number of carbonyl (C=O) groups is 1. The summed E-state index contributed by atoms with van der Waals surface area (Å²) in [6.07, 6.45) is 6.39. The highest BCUT2D eigenvalue weighted by Gasteiger charge is 2.03. The van der Waals surface area contributed by atoms with E-state index in [1.807, 2.05) is 30.3 Å². The standard InChI is InChI=1S/C20H28N4O2/c1-21-20(26)22-15-9-4-2-3-5-10-16-24-19(25)14-13-18(23-24)17-11-7-6-8-12-17/h6-8,11-14H,2-5,9-10,15-16H2,1H3,(H2,21,22,26). The molecule has 0 saturated heterocycles. The average Bonchev–Trinajstić information content (AvgIpc) is 2.68. The van der Waals surface area contributed by atoms with E-state index in [2.05, 4.69) is 15.7 Å². The van der Waals surface area contributed by atoms with Gasteiger partial charge >= 0.3 is 6.03 Å². The zero-order valence-corrected chi connectivity index (χ0v) is 15.4. The molecule has 2 aromatic rings. The Balaban J connectivity index is 1.67. The van der Waals surface area contributed by atoms with E-state index in [0.29, 0.717) is 13.1 Å². The van der Waals surface area contributed by atoms with Crippen LogP contribution in [0, 0.1) is 0 Å². The predicted molar refractivity (Wildman–Crippen MR) is 104 cm³/mol. The van der Waals surface area contributed by atoms with E-state index in [4.69, 9.17) is 0 Å². The molecule has 0 aliphatic heterocycles. The van der Waals surface area contributed by atoms with Crippen molar-refractivity contribution in [2.75, 3.05) is 13.6 Å². The lowest BCUT2D eigenvalue weighted by atomic mass is 10.1. The van der Waals surface area contributed by atoms with Gasteiger partial charge in [0, 0.05) is 31.8 Å². The molecule has 0 radical (unpaired) electrons. The molecule has 2 amide bonds. The molecule has 0 bridgehead atoms. The highest BCUT2D eigenvalue weighted by atomic mass is 16.2. The zero-order chi connectivity index (χ0) is 18.6. The molecule has 26 heavy (non-hydrogen) atoms. The van der Waals surface area contributed by atoms with Crippen molar-refractivity contribution in [1.29, 1.82) is 0 Å². The third kappa shape index (κ3) is 6.70. The van der Waals surface area contributed by atoms with E-state index in [9.17, 15) is 9.59 Å². The quantitative estimate of drug-likeness (QED) is 0.642. The van der Waals surface area contributed by atoms with E-state index < -0.39 is 0 Å². The van der Waals surface area contributed by atoms with Gasteiger partial charge in [0.15, 0.2) is 0 Å². The van der Waals surface area contributed by atoms with Gasteiger partial charge < -0.3 is 10.6 Å². The monoisotopic (exact) mass is 356 g/mol. The van der Waals surface area contributed by atoms with Crippen molar-refractivity contribution >= 4 is 6.03 Å². The molecule has 6 heteroatoms. The molecule has 1 aromatic heterocycles. The molecule has 0 atom stereocenters. The van der Waals surface area contributed by atoms with Gasteiger partial charge in [0.05, 0.1) is 5.69 Å². The molecule has 1 heterocycles. The zero-order valence-electron chi connectivity index (χ0n) is 15.4. The number of benzene rings is 1. The Hall–Kier alpha value is -2.63. The Morgan fingerprint density at radius 2 is 1.65 bits per heavy atom. The minimum atomic E-state index is -0.124. The van der Waals surface area contributed by atoms with Crippen LogP contribution in [0.5, 0.6) is 0 Å². The third-order valence-electron chi connectivity index (χ3n) is 4.25. The first-order valence-electron chi connectivity index (χ1n) is 9.30. The predicted octanol–water partition coefficient (Wildman–Crippen LogP) is 3.18. The first-order chi connectivity index (χ1) is 12.7. The number of urea groups is 1. The van der Waals surface area contributed by atoms with Crippen LogP contribution in [0.2, 0.25) is 0 Å². The van der Waals surface area contributed by atoms with Crippen molar-refractivity contribution in [2.24, 2.45) is 0 Å². The van der Waals surface area contributed by atoms with Gasteiger partial charge in [-0.2, -0.15) is 5.10 Å². The lowest BCUT2D eigenvalue weighted by Crippen LogP contribution is -2.33. The smallest absolute Gasteiger partial charge is 0.314 e. The van der Waals surface area contributed by atoms with Crippen molar-refractivity contribution in [3.05, 3.63) is 52.8 Å². The Morgan fingerprint density at radius 1 is 0.962 bits per heavy atom. The average molecular weight is 356 g/mol. The highest BCUT2D eigenvalue weighted by molar-refractivity contribution is 5.73. The van der Waals surface area contributed by atoms with Crippen molar-refractivity contribution in [3.63, 3.8) is 0 Å². The summed E-state index contributed by atoms with van der Waals surface area (Å²) >= 11 is 0. The number of hydrogen-bond donors (Lipinski definition) is 2. The summed E-state index contributed by atoms with van der Waals surface area (Å²) in [6, 6.07) is 13.1. The Morgan fingerprint density at radius 3 is 2.38 bits per heavy atom. The Bertz CT molecular complexity index is 728. The van der Waals surface area contributed by atoms with Crippen LogP contribution in [0.25, 0.3) is 11.3 Å². The summed E-state index contributed by atoms with van der Waals surface area (Å²) in [7, 11) is 1.62. The van der Waals surface area contributed by atoms with Crippen LogP contribution in [0.4, 0.5) is 4.79 Å². The number of aryl methyl sites for hydroxylation is 1. The molecule has 2 N–H and O–H groups in total. The largest absolute Gasteiger partial charge is 0.341 e. The minimum Gasteiger partial charge on any atom is -0.341 e. The van der Waals surface area contributed by atoms with E-state index in [1.54, 1.807) is 23.9 Å². The van der Waals surface area contributed by atoms with Crippen LogP contribution in [0.1, 0.15) is 38.5 Å². The van der Waals surface area contributed by atoms with Crippen molar-refractivity contribution in [2.45, 2.75) is 45.1 Å². The Kier molecular flexibility index (Phi) is 8.39. The van der Waals surface area contributed by atoms with Crippen molar-refractivity contribution < 1.29 is 4.79 Å². The molecule has 0 unspecified atom stereocenters. The van der Waals surface area contributed by atoms with Crippen LogP contribution >= 0.6 is 0 Å². The summed E-state index contributed by atoms with van der Waals surface area (Å²) in [5, 5.41) is 9.80. The molecule has 0 fully saturated rings. The number of nitrogens with one attached hydrogen (secondary N) is 2. The van der Waals surface area contributed by atoms with E-state index >= 15 is 0 Å². The number of aromatic nitrogens is 2. The maximum Gasteiger partial charge on any atom is 0.314 e. The van der Waals surface area contributed by atoms with Gasteiger partial charge in [-0.3, -0.25) is 4.79 Å². The maximum absolute atomic E-state index is 12.0. The second-order valence-corrected chi connectivity index (χ2v) is 6.27. The maximum atomic E-state index is 12.0. The molecule has 0 spiro atoms. The first-order valence-corrected chi connectivity index (χ1v) is 9.30. The fourth-order valence-corrected chi connectivity index (χ4v) is 2.76. The van der Waals surface area contributed by atoms with E-state index in [0.717, 1.165) is 49.8 Å². The number of rotatable bonds is 10. The van der Waals surface area contributed by atoms with Gasteiger partial charge in [-0.05, 0) is 18.9 Å². The van der Waals surface area contributed by atoms with E-state index in [-0.39, 0.29) is 11.6 Å². The van der Waals surface area contributed by atoms with Crippen LogP contribution in [0.3, 0.4) is 0 Å². The summed E-state index contributed by atoms with van der Waals surface area (Å²) in [4.78, 5) is 23.0. The van der Waals surface area contributed by atoms with E-state index in [1.165, 1.54) is 0 Å². The SMILES string of the molecule is CNC(=O)NCCCCCCCCn1nc(-c2ccccc2)ccc1=O. The molecule has 0 saturated carbocycles. The number of amides is 2. The molecular formula is C20H28N4O2. The molecule has 0 aliphatic rings. The second-order valence-electron chi connectivity index (χ2n) is 6.27. The summed E-state index contributed by atoms with van der Waals surface area (Å²) < 4.78 is 1.57. The molecule has 140 valence electrons. The summed E-state index contributed by atoms with van der Waals surface area (Å²) in [5.41, 5.74) is 1.80. The number of hydrogen-bond acceptors (Lipinski definition) is 3. The van der Waals surface area contributed by atoms with Gasteiger partial charge in [-0.1, -0.05) is 56.0 Å². The van der Waals surface area contributed by atoms with Gasteiger partial charge in [0.2, 0.25) is 0 Å². The van der Waals surface area contributed by atoms with Crippen molar-refractivity contribution in [3.8, 4) is 11.3 Å². The normalized spacial score (nSPS) is 10.5. The molecule has 2 rings (SSSR count). The van der Waals surface area contributed by atoms with Crippen LogP contribution < -0.4 is 16.2 Å². The van der Waals surface area contributed by atoms with Crippen molar-refractivity contribution in [1.82, 2.24) is 20.4 Å². The van der Waals surface area contributed by atoms with Crippen LogP contribution in [-0.2, 0) is 6.54 Å². The third-order valence-corrected chi connectivity index (χ3v) is 4.25. The molecule has 0 aliphatic carbocycles. The van der Waals surface area contributed by atoms with Gasteiger partial charge in [-0.25, -0.2) is 9.48 Å². The summed E-state index contributed by atoms with van der Waals surface area (Å²) in [6.45, 7) is 1.36. The minimum absolute atomic E-state index is 0.0510. The number of nitrogens with zero attached hydrogens (tertiary/aromatic N) is 2. The lowest BCUT2D eigenvalue weighted by Gasteiger charge is -2.07. The van der Waals surface area contributed by atoms with Crippen LogP contribution in [-0.4, -0.2) is 29.4 Å². The fourth-order valence-electron chi connectivity index (χ4n) is 2.76. The van der Waals surface area contributed by atoms with Gasteiger partial charge in [-0.15, -0.1) is 0 Å². The first kappa shape index (κ1) is 19.7. The number of carbonyl (C=O) groups excluding carboxylic acids is 1. The fraction of sp³-hybridized carbons (Fsp3) is 0.450. The lowest BCUT2D eigenvalue weighted by molar-refractivity contribution is 0.242. The topological polar surface area (TPSA) is 76.0 Å². The molecule has 1 aromatic carbocycles. The Labute approximate surface area is 154 Å². The van der Waals surface area contributed by atoms with Crippen LogP contribution in [0.15, 0.2) is 47.3 Å². The second kappa shape index (κ2) is 11.1. The molecular weight excluding hydrogens is 328 g/mol. The molecule has 6 nitrogen and oxygen atoms in total. The van der Waals surface area contributed by atoms with Gasteiger partial charge in [0.25, 0.3) is 5.56 Å².